The minimum Gasteiger partial charge on any atom is -0.481 e. The Hall–Kier alpha value is -2.19. The van der Waals surface area contributed by atoms with E-state index < -0.39 is 11.9 Å². The predicted octanol–water partition coefficient (Wildman–Crippen LogP) is 1.40. The third kappa shape index (κ3) is 3.18. The lowest BCUT2D eigenvalue weighted by molar-refractivity contribution is -0.691. The normalized spacial score (nSPS) is 16.0. The van der Waals surface area contributed by atoms with Crippen LogP contribution in [-0.2, 0) is 9.53 Å². The molecule has 0 saturated heterocycles. The summed E-state index contributed by atoms with van der Waals surface area (Å²) in [5.74, 6) is -0.680. The van der Waals surface area contributed by atoms with Crippen LogP contribution in [0.5, 0.6) is 0 Å². The summed E-state index contributed by atoms with van der Waals surface area (Å²) in [5.41, 5.74) is 1.27. The minimum atomic E-state index is -0.899. The van der Waals surface area contributed by atoms with Crippen LogP contribution >= 0.6 is 11.8 Å². The number of hydrogen-bond donors (Lipinski definition) is 1. The van der Waals surface area contributed by atoms with Gasteiger partial charge in [0.1, 0.15) is 5.75 Å². The maximum Gasteiger partial charge on any atom is 0.337 e. The topological polar surface area (TPSA) is 88.3 Å². The number of aliphatic carboxylic acids is 1. The number of carboxylic acid groups (broad SMARTS) is 1. The van der Waals surface area contributed by atoms with Gasteiger partial charge >= 0.3 is 11.9 Å². The van der Waals surface area contributed by atoms with Crippen molar-refractivity contribution in [1.82, 2.24) is 0 Å². The van der Waals surface area contributed by atoms with Crippen LogP contribution in [0.2, 0.25) is 0 Å². The lowest BCUT2D eigenvalue weighted by atomic mass is 10.1. The van der Waals surface area contributed by atoms with Gasteiger partial charge in [-0.2, -0.15) is 0 Å². The molecular weight excluding hydrogens is 306 g/mol. The van der Waals surface area contributed by atoms with Gasteiger partial charge in [0.2, 0.25) is 0 Å². The Labute approximate surface area is 131 Å². The molecule has 7 nitrogen and oxygen atoms in total. The summed E-state index contributed by atoms with van der Waals surface area (Å²) in [5, 5.41) is 17.6. The molecule has 0 saturated carbocycles. The Bertz CT molecular complexity index is 665. The van der Waals surface area contributed by atoms with E-state index in [2.05, 4.69) is 14.9 Å². The molecule has 0 amide bonds. The number of rotatable bonds is 4. The fourth-order valence-electron chi connectivity index (χ4n) is 1.97. The quantitative estimate of drug-likeness (QED) is 0.668. The van der Waals surface area contributed by atoms with Crippen molar-refractivity contribution in [2.75, 3.05) is 27.0 Å². The molecular formula is C14H16N3O4S+. The van der Waals surface area contributed by atoms with E-state index in [1.807, 2.05) is 14.1 Å². The highest BCUT2D eigenvalue weighted by atomic mass is 32.2. The van der Waals surface area contributed by atoms with Crippen LogP contribution < -0.4 is 0 Å². The van der Waals surface area contributed by atoms with Gasteiger partial charge in [0.15, 0.2) is 0 Å². The second kappa shape index (κ2) is 6.29. The molecule has 8 heteroatoms. The van der Waals surface area contributed by atoms with Crippen LogP contribution in [0.1, 0.15) is 15.9 Å². The molecule has 0 atom stereocenters. The summed E-state index contributed by atoms with van der Waals surface area (Å²) in [6.45, 7) is 0. The number of quaternary nitrogens is 1. The fourth-order valence-corrected chi connectivity index (χ4v) is 2.73. The van der Waals surface area contributed by atoms with Crippen molar-refractivity contribution in [3.05, 3.63) is 35.4 Å². The van der Waals surface area contributed by atoms with Crippen molar-refractivity contribution < 1.29 is 23.9 Å². The third-order valence-electron chi connectivity index (χ3n) is 3.13. The zero-order chi connectivity index (χ0) is 16.3. The molecule has 22 heavy (non-hydrogen) atoms. The molecule has 1 aliphatic heterocycles. The molecule has 116 valence electrons. The van der Waals surface area contributed by atoms with Gasteiger partial charge in [0, 0.05) is 0 Å². The van der Waals surface area contributed by atoms with Crippen LogP contribution in [0.3, 0.4) is 0 Å². The molecule has 1 aromatic carbocycles. The lowest BCUT2D eigenvalue weighted by Gasteiger charge is -2.24. The van der Waals surface area contributed by atoms with Crippen LogP contribution in [0.4, 0.5) is 0 Å². The number of hydrogen-bond acceptors (Lipinski definition) is 6. The Balaban J connectivity index is 2.17. The summed E-state index contributed by atoms with van der Waals surface area (Å²) < 4.78 is 4.92. The monoisotopic (exact) mass is 322 g/mol. The van der Waals surface area contributed by atoms with Crippen LogP contribution in [0.15, 0.2) is 34.5 Å². The average molecular weight is 322 g/mol. The van der Waals surface area contributed by atoms with Gasteiger partial charge in [-0.15, -0.1) is 0 Å². The van der Waals surface area contributed by atoms with E-state index in [9.17, 15) is 9.59 Å². The van der Waals surface area contributed by atoms with Gasteiger partial charge in [-0.3, -0.25) is 4.79 Å². The van der Waals surface area contributed by atoms with E-state index in [1.54, 1.807) is 24.3 Å². The first-order chi connectivity index (χ1) is 10.4. The van der Waals surface area contributed by atoms with Crippen molar-refractivity contribution in [2.24, 2.45) is 10.2 Å². The molecule has 1 heterocycles. The maximum atomic E-state index is 11.4. The number of thioether (sulfide) groups is 1. The summed E-state index contributed by atoms with van der Waals surface area (Å²) in [6, 6.07) is 6.86. The van der Waals surface area contributed by atoms with E-state index in [-0.39, 0.29) is 10.2 Å². The molecule has 0 aliphatic carbocycles. The zero-order valence-corrected chi connectivity index (χ0v) is 13.3. The second-order valence-corrected chi connectivity index (χ2v) is 5.95. The number of ether oxygens (including phenoxy) is 1. The van der Waals surface area contributed by atoms with Crippen LogP contribution in [-0.4, -0.2) is 59.5 Å². The first-order valence-corrected chi connectivity index (χ1v) is 7.39. The van der Waals surface area contributed by atoms with Crippen molar-refractivity contribution in [3.8, 4) is 0 Å². The molecule has 0 radical (unpaired) electrons. The van der Waals surface area contributed by atoms with Crippen molar-refractivity contribution >= 4 is 34.7 Å². The fraction of sp³-hybridized carbons (Fsp3) is 0.286. The number of benzene rings is 1. The highest BCUT2D eigenvalue weighted by molar-refractivity contribution is 8.14. The Morgan fingerprint density at radius 3 is 2.41 bits per heavy atom. The highest BCUT2D eigenvalue weighted by Gasteiger charge is 2.38. The maximum absolute atomic E-state index is 11.4. The molecule has 0 unspecified atom stereocenters. The number of esters is 1. The van der Waals surface area contributed by atoms with Crippen LogP contribution in [0, 0.1) is 0 Å². The smallest absolute Gasteiger partial charge is 0.337 e. The predicted molar refractivity (Wildman–Crippen MR) is 84.0 cm³/mol. The Morgan fingerprint density at radius 1 is 1.23 bits per heavy atom. The van der Waals surface area contributed by atoms with Crippen molar-refractivity contribution in [1.29, 1.82) is 0 Å². The van der Waals surface area contributed by atoms with E-state index >= 15 is 0 Å². The van der Waals surface area contributed by atoms with E-state index in [4.69, 9.17) is 5.11 Å². The number of nitrogens with zero attached hydrogens (tertiary/aromatic N) is 3. The molecule has 1 N–H and O–H groups in total. The lowest BCUT2D eigenvalue weighted by Crippen LogP contribution is -2.47. The van der Waals surface area contributed by atoms with Gasteiger partial charge in [0.25, 0.3) is 11.0 Å². The molecule has 1 aromatic rings. The second-order valence-electron chi connectivity index (χ2n) is 5.01. The molecule has 2 rings (SSSR count). The number of methoxy groups -OCH3 is 1. The standard InChI is InChI=1S/C14H15N3O4S/c1-17(2)12(15-16-14(17)22-8-11(18)19)9-4-6-10(7-5-9)13(20)21-3/h4-7H,8H2,1-3H3/p+1. The Morgan fingerprint density at radius 2 is 1.86 bits per heavy atom. The first kappa shape index (κ1) is 16.2. The third-order valence-corrected chi connectivity index (χ3v) is 4.31. The summed E-state index contributed by atoms with van der Waals surface area (Å²) in [7, 11) is 5.10. The molecule has 0 spiro atoms. The van der Waals surface area contributed by atoms with E-state index in [1.165, 1.54) is 7.11 Å². The van der Waals surface area contributed by atoms with Crippen molar-refractivity contribution in [2.45, 2.75) is 0 Å². The number of amidine groups is 2. The summed E-state index contributed by atoms with van der Waals surface area (Å²) in [6.07, 6.45) is 0. The number of carbonyl (C=O) groups excluding carboxylic acids is 1. The summed E-state index contributed by atoms with van der Waals surface area (Å²) in [4.78, 5) is 22.1. The minimum absolute atomic E-state index is 0.0649. The van der Waals surface area contributed by atoms with Gasteiger partial charge in [-0.1, -0.05) is 10.2 Å². The van der Waals surface area contributed by atoms with E-state index in [0.29, 0.717) is 16.6 Å². The van der Waals surface area contributed by atoms with Gasteiger partial charge in [-0.05, 0) is 36.0 Å². The molecule has 1 aliphatic rings. The molecule has 0 aromatic heterocycles. The van der Waals surface area contributed by atoms with Crippen LogP contribution in [0.25, 0.3) is 0 Å². The SMILES string of the molecule is COC(=O)c1ccc(C2=NN=C(SCC(=O)O)[N+]2(C)C)cc1. The van der Waals surface area contributed by atoms with E-state index in [0.717, 1.165) is 17.3 Å². The van der Waals surface area contributed by atoms with Gasteiger partial charge in [0.05, 0.1) is 32.3 Å². The molecule has 0 fully saturated rings. The first-order valence-electron chi connectivity index (χ1n) is 6.40. The molecule has 0 bridgehead atoms. The zero-order valence-electron chi connectivity index (χ0n) is 12.4. The highest BCUT2D eigenvalue weighted by Crippen LogP contribution is 2.24. The number of carbonyl (C=O) groups is 2. The van der Waals surface area contributed by atoms with Gasteiger partial charge in [-0.25, -0.2) is 9.28 Å². The Kier molecular flexibility index (Phi) is 4.62. The average Bonchev–Trinajstić information content (AvgIpc) is 2.79. The van der Waals surface area contributed by atoms with Gasteiger partial charge < -0.3 is 9.84 Å². The van der Waals surface area contributed by atoms with Crippen molar-refractivity contribution in [3.63, 3.8) is 0 Å². The summed E-state index contributed by atoms with van der Waals surface area (Å²) >= 11 is 1.14. The number of carboxylic acids is 1. The largest absolute Gasteiger partial charge is 0.481 e.